The van der Waals surface area contributed by atoms with E-state index >= 15 is 0 Å². The molecule has 0 aliphatic carbocycles. The Balaban J connectivity index is 1.59. The third kappa shape index (κ3) is 7.84. The van der Waals surface area contributed by atoms with Gasteiger partial charge >= 0.3 is 5.97 Å². The molecule has 0 saturated heterocycles. The standard InChI is InChI=1S/C31H27BrClN3O5/c1-19(37)30(31(38)39)36-16-23-13-26(33)28(14-27(23)40-17-20-10-11-35-24(12-20)15-34)41-18-22-8-5-9-25(29(22)32)21-6-3-2-4-7-21/h2-14,19,30,36-37H,16-18H2,1H3,(H,38,39). The van der Waals surface area contributed by atoms with E-state index in [1.54, 1.807) is 24.3 Å². The quantitative estimate of drug-likeness (QED) is 0.170. The molecular weight excluding hydrogens is 610 g/mol. The highest BCUT2D eigenvalue weighted by Crippen LogP contribution is 2.36. The van der Waals surface area contributed by atoms with Crippen molar-refractivity contribution < 1.29 is 24.5 Å². The van der Waals surface area contributed by atoms with E-state index < -0.39 is 18.1 Å². The van der Waals surface area contributed by atoms with E-state index in [1.807, 2.05) is 54.6 Å². The molecule has 2 atom stereocenters. The highest BCUT2D eigenvalue weighted by Gasteiger charge is 2.23. The molecule has 0 spiro atoms. The van der Waals surface area contributed by atoms with Crippen LogP contribution in [0.2, 0.25) is 5.02 Å². The Hall–Kier alpha value is -3.94. The number of aromatic nitrogens is 1. The fraction of sp³-hybridized carbons (Fsp3) is 0.194. The van der Waals surface area contributed by atoms with Crippen LogP contribution in [-0.2, 0) is 24.6 Å². The van der Waals surface area contributed by atoms with Gasteiger partial charge in [-0.05, 0) is 57.7 Å². The van der Waals surface area contributed by atoms with Crippen molar-refractivity contribution in [3.05, 3.63) is 111 Å². The first kappa shape index (κ1) is 30.0. The number of ether oxygens (including phenoxy) is 2. The minimum atomic E-state index is -1.19. The molecule has 2 unspecified atom stereocenters. The summed E-state index contributed by atoms with van der Waals surface area (Å²) in [5, 5.41) is 31.6. The number of nitrogens with one attached hydrogen (secondary N) is 1. The first-order valence-corrected chi connectivity index (χ1v) is 13.8. The maximum Gasteiger partial charge on any atom is 0.323 e. The van der Waals surface area contributed by atoms with Crippen molar-refractivity contribution in [3.63, 3.8) is 0 Å². The van der Waals surface area contributed by atoms with Crippen LogP contribution in [0.4, 0.5) is 0 Å². The van der Waals surface area contributed by atoms with Crippen LogP contribution in [0, 0.1) is 11.3 Å². The average molecular weight is 637 g/mol. The molecule has 1 aromatic heterocycles. The summed E-state index contributed by atoms with van der Waals surface area (Å²) in [4.78, 5) is 15.5. The first-order valence-electron chi connectivity index (χ1n) is 12.7. The molecule has 0 radical (unpaired) electrons. The molecule has 8 nitrogen and oxygen atoms in total. The lowest BCUT2D eigenvalue weighted by Gasteiger charge is -2.20. The number of aliphatic carboxylic acids is 1. The van der Waals surface area contributed by atoms with Crippen molar-refractivity contribution in [1.29, 1.82) is 5.26 Å². The number of hydrogen-bond acceptors (Lipinski definition) is 7. The maximum absolute atomic E-state index is 11.6. The molecule has 0 bridgehead atoms. The van der Waals surface area contributed by atoms with Crippen LogP contribution >= 0.6 is 27.5 Å². The summed E-state index contributed by atoms with van der Waals surface area (Å²) < 4.78 is 13.1. The fourth-order valence-corrected chi connectivity index (χ4v) is 4.97. The van der Waals surface area contributed by atoms with Gasteiger partial charge in [-0.2, -0.15) is 5.26 Å². The van der Waals surface area contributed by atoms with Crippen molar-refractivity contribution in [3.8, 4) is 28.7 Å². The lowest BCUT2D eigenvalue weighted by molar-refractivity contribution is -0.142. The van der Waals surface area contributed by atoms with Crippen molar-refractivity contribution in [1.82, 2.24) is 10.3 Å². The number of aliphatic hydroxyl groups excluding tert-OH is 1. The number of nitriles is 1. The van der Waals surface area contributed by atoms with E-state index in [9.17, 15) is 15.0 Å². The number of hydrogen-bond donors (Lipinski definition) is 3. The molecule has 0 fully saturated rings. The van der Waals surface area contributed by atoms with Crippen LogP contribution in [0.25, 0.3) is 11.1 Å². The molecular formula is C31H27BrClN3O5. The molecule has 4 aromatic rings. The molecule has 41 heavy (non-hydrogen) atoms. The number of nitrogens with zero attached hydrogens (tertiary/aromatic N) is 2. The number of halogens is 2. The third-order valence-electron chi connectivity index (χ3n) is 6.26. The van der Waals surface area contributed by atoms with Gasteiger partial charge in [0.15, 0.2) is 0 Å². The van der Waals surface area contributed by atoms with E-state index in [0.29, 0.717) is 22.1 Å². The van der Waals surface area contributed by atoms with Gasteiger partial charge in [-0.3, -0.25) is 10.1 Å². The minimum Gasteiger partial charge on any atom is -0.488 e. The summed E-state index contributed by atoms with van der Waals surface area (Å²) in [6.45, 7) is 1.79. The Kier molecular flexibility index (Phi) is 10.3. The van der Waals surface area contributed by atoms with E-state index in [-0.39, 0.29) is 25.5 Å². The number of carboxylic acids is 1. The Labute approximate surface area is 251 Å². The molecule has 0 amide bonds. The summed E-state index contributed by atoms with van der Waals surface area (Å²) in [7, 11) is 0. The van der Waals surface area contributed by atoms with E-state index in [4.69, 9.17) is 26.3 Å². The topological polar surface area (TPSA) is 125 Å². The van der Waals surface area contributed by atoms with Crippen molar-refractivity contribution in [2.75, 3.05) is 0 Å². The summed E-state index contributed by atoms with van der Waals surface area (Å²) >= 11 is 10.3. The molecule has 210 valence electrons. The van der Waals surface area contributed by atoms with Gasteiger partial charge in [0.2, 0.25) is 0 Å². The molecule has 0 saturated carbocycles. The largest absolute Gasteiger partial charge is 0.488 e. The van der Waals surface area contributed by atoms with Gasteiger partial charge in [0.05, 0.1) is 11.1 Å². The van der Waals surface area contributed by atoms with Gasteiger partial charge in [-0.15, -0.1) is 0 Å². The molecule has 4 rings (SSSR count). The summed E-state index contributed by atoms with van der Waals surface area (Å²) in [6, 6.07) is 23.4. The zero-order chi connectivity index (χ0) is 29.4. The highest BCUT2D eigenvalue weighted by atomic mass is 79.9. The zero-order valence-electron chi connectivity index (χ0n) is 22.1. The van der Waals surface area contributed by atoms with Gasteiger partial charge in [-0.25, -0.2) is 4.98 Å². The second-order valence-corrected chi connectivity index (χ2v) is 10.4. The molecule has 3 aromatic carbocycles. The van der Waals surface area contributed by atoms with Crippen LogP contribution in [0.1, 0.15) is 29.3 Å². The second kappa shape index (κ2) is 14.1. The minimum absolute atomic E-state index is 0.0572. The Morgan fingerprint density at radius 2 is 1.80 bits per heavy atom. The first-order chi connectivity index (χ1) is 19.8. The average Bonchev–Trinajstić information content (AvgIpc) is 2.97. The molecule has 3 N–H and O–H groups in total. The van der Waals surface area contributed by atoms with Crippen LogP contribution in [0.5, 0.6) is 11.5 Å². The lowest BCUT2D eigenvalue weighted by atomic mass is 10.0. The normalized spacial score (nSPS) is 12.3. The number of benzene rings is 3. The number of rotatable bonds is 12. The summed E-state index contributed by atoms with van der Waals surface area (Å²) in [6.07, 6.45) is 0.402. The number of carbonyl (C=O) groups is 1. The zero-order valence-corrected chi connectivity index (χ0v) is 24.4. The molecule has 0 aliphatic heterocycles. The SMILES string of the molecule is CC(O)C(NCc1cc(Cl)c(OCc2cccc(-c3ccccc3)c2Br)cc1OCc1ccnc(C#N)c1)C(=O)O. The van der Waals surface area contributed by atoms with E-state index in [0.717, 1.165) is 26.7 Å². The molecule has 10 heteroatoms. The van der Waals surface area contributed by atoms with Gasteiger partial charge < -0.3 is 19.7 Å². The van der Waals surface area contributed by atoms with Gasteiger partial charge in [0, 0.05) is 34.4 Å². The predicted octanol–water partition coefficient (Wildman–Crippen LogP) is 6.12. The Morgan fingerprint density at radius 1 is 1.05 bits per heavy atom. The van der Waals surface area contributed by atoms with E-state index in [1.165, 1.54) is 13.1 Å². The lowest BCUT2D eigenvalue weighted by Crippen LogP contribution is -2.44. The summed E-state index contributed by atoms with van der Waals surface area (Å²) in [5.74, 6) is -0.406. The van der Waals surface area contributed by atoms with Gasteiger partial charge in [-0.1, -0.05) is 60.1 Å². The number of carboxylic acid groups (broad SMARTS) is 1. The van der Waals surface area contributed by atoms with Crippen LogP contribution in [0.3, 0.4) is 0 Å². The van der Waals surface area contributed by atoms with E-state index in [2.05, 4.69) is 26.2 Å². The van der Waals surface area contributed by atoms with Crippen molar-refractivity contribution >= 4 is 33.5 Å². The molecule has 1 heterocycles. The highest BCUT2D eigenvalue weighted by molar-refractivity contribution is 9.10. The predicted molar refractivity (Wildman–Crippen MR) is 159 cm³/mol. The monoisotopic (exact) mass is 635 g/mol. The van der Waals surface area contributed by atoms with Crippen LogP contribution in [0.15, 0.2) is 83.5 Å². The van der Waals surface area contributed by atoms with Crippen LogP contribution < -0.4 is 14.8 Å². The number of aliphatic hydroxyl groups is 1. The fourth-order valence-electron chi connectivity index (χ4n) is 4.12. The van der Waals surface area contributed by atoms with Crippen molar-refractivity contribution in [2.24, 2.45) is 0 Å². The van der Waals surface area contributed by atoms with Crippen molar-refractivity contribution in [2.45, 2.75) is 38.8 Å². The number of pyridine rings is 1. The van der Waals surface area contributed by atoms with Gasteiger partial charge in [0.1, 0.15) is 42.5 Å². The van der Waals surface area contributed by atoms with Gasteiger partial charge in [0.25, 0.3) is 0 Å². The molecule has 0 aliphatic rings. The van der Waals surface area contributed by atoms with Crippen LogP contribution in [-0.4, -0.2) is 33.3 Å². The smallest absolute Gasteiger partial charge is 0.323 e. The Morgan fingerprint density at radius 3 is 2.51 bits per heavy atom. The summed E-state index contributed by atoms with van der Waals surface area (Å²) in [5.41, 5.74) is 4.57. The maximum atomic E-state index is 11.6. The third-order valence-corrected chi connectivity index (χ3v) is 7.49. The second-order valence-electron chi connectivity index (χ2n) is 9.21. The Bertz CT molecular complexity index is 1560.